The number of carbonyl (C=O) groups excluding carboxylic acids is 1. The molecule has 0 radical (unpaired) electrons. The van der Waals surface area contributed by atoms with Gasteiger partial charge in [-0.25, -0.2) is 9.97 Å². The van der Waals surface area contributed by atoms with E-state index in [2.05, 4.69) is 16.9 Å². The maximum Gasteiger partial charge on any atom is 0.263 e. The largest absolute Gasteiger partial charge is 0.301 e. The summed E-state index contributed by atoms with van der Waals surface area (Å²) in [6, 6.07) is 17.4. The molecule has 0 aliphatic rings. The average molecular weight is 565 g/mol. The lowest BCUT2D eigenvalue weighted by Gasteiger charge is -2.10. The van der Waals surface area contributed by atoms with Crippen molar-refractivity contribution < 1.29 is 4.79 Å². The molecule has 0 atom stereocenters. The highest BCUT2D eigenvalue weighted by Gasteiger charge is 2.18. The molecule has 0 aliphatic heterocycles. The summed E-state index contributed by atoms with van der Waals surface area (Å²) in [7, 11) is 0. The monoisotopic (exact) mass is 564 g/mol. The van der Waals surface area contributed by atoms with Gasteiger partial charge in [-0.1, -0.05) is 71.9 Å². The second-order valence-electron chi connectivity index (χ2n) is 8.07. The number of carbonyl (C=O) groups is 1. The van der Waals surface area contributed by atoms with Gasteiger partial charge in [0, 0.05) is 40.0 Å². The van der Waals surface area contributed by atoms with Gasteiger partial charge in [0.1, 0.15) is 4.83 Å². The predicted octanol–water partition coefficient (Wildman–Crippen LogP) is 6.74. The van der Waals surface area contributed by atoms with E-state index in [1.807, 2.05) is 60.0 Å². The summed E-state index contributed by atoms with van der Waals surface area (Å²) in [6.45, 7) is 4.09. The molecule has 0 unspecified atom stereocenters. The average Bonchev–Trinajstić information content (AvgIpc) is 3.53. The smallest absolute Gasteiger partial charge is 0.263 e. The van der Waals surface area contributed by atoms with E-state index in [0.717, 1.165) is 21.6 Å². The van der Waals surface area contributed by atoms with Crippen LogP contribution in [0.3, 0.4) is 0 Å². The summed E-state index contributed by atoms with van der Waals surface area (Å²) in [5.41, 5.74) is 2.81. The van der Waals surface area contributed by atoms with E-state index in [1.165, 1.54) is 34.4 Å². The summed E-state index contributed by atoms with van der Waals surface area (Å²) in [6.07, 6.45) is 4.13. The number of allylic oxidation sites excluding steroid dienone is 1. The molecule has 37 heavy (non-hydrogen) atoms. The van der Waals surface area contributed by atoms with E-state index in [0.29, 0.717) is 38.5 Å². The SMILES string of the molecule is C=CCn1c(SCC(=O)Nc2ncc(Cc3ccc(Cl)cc3)s2)nc2scc(-c3ccccc3)c2c1=O. The van der Waals surface area contributed by atoms with Gasteiger partial charge in [-0.3, -0.25) is 14.2 Å². The fourth-order valence-corrected chi connectivity index (χ4v) is 6.56. The number of anilines is 1. The van der Waals surface area contributed by atoms with E-state index in [9.17, 15) is 9.59 Å². The fraction of sp³-hybridized carbons (Fsp3) is 0.111. The Balaban J connectivity index is 1.30. The third-order valence-corrected chi connectivity index (χ3v) is 8.49. The van der Waals surface area contributed by atoms with Gasteiger partial charge in [0.15, 0.2) is 10.3 Å². The molecule has 5 rings (SSSR count). The zero-order valence-electron chi connectivity index (χ0n) is 19.5. The number of nitrogens with zero attached hydrogens (tertiary/aromatic N) is 3. The van der Waals surface area contributed by atoms with Gasteiger partial charge in [0.2, 0.25) is 5.91 Å². The summed E-state index contributed by atoms with van der Waals surface area (Å²) in [5.74, 6) is -0.119. The van der Waals surface area contributed by atoms with Gasteiger partial charge >= 0.3 is 0 Å². The van der Waals surface area contributed by atoms with Crippen LogP contribution >= 0.6 is 46.0 Å². The number of aromatic nitrogens is 3. The first-order chi connectivity index (χ1) is 18.0. The molecule has 10 heteroatoms. The Kier molecular flexibility index (Phi) is 7.85. The molecule has 0 fully saturated rings. The van der Waals surface area contributed by atoms with Crippen LogP contribution in [0.5, 0.6) is 0 Å². The number of halogens is 1. The van der Waals surface area contributed by atoms with Crippen LogP contribution in [0.25, 0.3) is 21.3 Å². The van der Waals surface area contributed by atoms with Crippen LogP contribution in [-0.2, 0) is 17.8 Å². The van der Waals surface area contributed by atoms with E-state index < -0.39 is 0 Å². The Morgan fingerprint density at radius 1 is 1.16 bits per heavy atom. The molecule has 0 aliphatic carbocycles. The minimum Gasteiger partial charge on any atom is -0.301 e. The molecule has 0 saturated heterocycles. The normalized spacial score (nSPS) is 11.1. The number of thiophene rings is 1. The molecule has 3 aromatic heterocycles. The van der Waals surface area contributed by atoms with E-state index in [-0.39, 0.29) is 17.2 Å². The highest BCUT2D eigenvalue weighted by molar-refractivity contribution is 7.99. The van der Waals surface area contributed by atoms with Gasteiger partial charge < -0.3 is 5.32 Å². The van der Waals surface area contributed by atoms with Gasteiger partial charge in [-0.05, 0) is 23.3 Å². The number of fused-ring (bicyclic) bond motifs is 1. The molecule has 1 amide bonds. The topological polar surface area (TPSA) is 76.9 Å². The van der Waals surface area contributed by atoms with Crippen molar-refractivity contribution in [1.82, 2.24) is 14.5 Å². The molecule has 5 aromatic rings. The number of hydrogen-bond acceptors (Lipinski definition) is 7. The number of hydrogen-bond donors (Lipinski definition) is 1. The van der Waals surface area contributed by atoms with Crippen molar-refractivity contribution >= 4 is 67.3 Å². The number of benzene rings is 2. The lowest BCUT2D eigenvalue weighted by atomic mass is 10.1. The standard InChI is InChI=1S/C27H21ClN4O2S3/c1-2-12-32-25(34)23-21(18-6-4-3-5-7-18)15-35-24(23)31-27(32)36-16-22(33)30-26-29-14-20(37-26)13-17-8-10-19(28)11-9-17/h2-11,14-15H,1,12-13,16H2,(H,29,30,33). The van der Waals surface area contributed by atoms with Crippen LogP contribution in [-0.4, -0.2) is 26.2 Å². The number of thiazole rings is 1. The van der Waals surface area contributed by atoms with Crippen molar-refractivity contribution in [2.75, 3.05) is 11.1 Å². The summed E-state index contributed by atoms with van der Waals surface area (Å²) in [4.78, 5) is 36.9. The summed E-state index contributed by atoms with van der Waals surface area (Å²) in [5, 5.41) is 7.11. The van der Waals surface area contributed by atoms with Gasteiger partial charge in [-0.2, -0.15) is 0 Å². The Morgan fingerprint density at radius 3 is 2.70 bits per heavy atom. The quantitative estimate of drug-likeness (QED) is 0.122. The number of thioether (sulfide) groups is 1. The second kappa shape index (κ2) is 11.4. The third-order valence-electron chi connectivity index (χ3n) is 5.48. The molecule has 6 nitrogen and oxygen atoms in total. The van der Waals surface area contributed by atoms with Crippen molar-refractivity contribution in [2.24, 2.45) is 0 Å². The maximum atomic E-state index is 13.5. The van der Waals surface area contributed by atoms with Crippen LogP contribution in [0.4, 0.5) is 5.13 Å². The zero-order valence-corrected chi connectivity index (χ0v) is 22.7. The van der Waals surface area contributed by atoms with Crippen molar-refractivity contribution in [1.29, 1.82) is 0 Å². The molecule has 3 heterocycles. The molecular weight excluding hydrogens is 544 g/mol. The molecule has 0 bridgehead atoms. The zero-order chi connectivity index (χ0) is 25.8. The first-order valence-electron chi connectivity index (χ1n) is 11.3. The van der Waals surface area contributed by atoms with E-state index in [4.69, 9.17) is 16.6 Å². The van der Waals surface area contributed by atoms with Gasteiger partial charge in [0.25, 0.3) is 5.56 Å². The minimum absolute atomic E-state index is 0.0953. The van der Waals surface area contributed by atoms with Gasteiger partial charge in [-0.15, -0.1) is 29.3 Å². The van der Waals surface area contributed by atoms with E-state index in [1.54, 1.807) is 16.8 Å². The lowest BCUT2D eigenvalue weighted by molar-refractivity contribution is -0.113. The maximum absolute atomic E-state index is 13.5. The van der Waals surface area contributed by atoms with E-state index >= 15 is 0 Å². The lowest BCUT2D eigenvalue weighted by Crippen LogP contribution is -2.23. The molecular formula is C27H21ClN4O2S3. The Morgan fingerprint density at radius 2 is 1.95 bits per heavy atom. The van der Waals surface area contributed by atoms with Crippen LogP contribution < -0.4 is 10.9 Å². The summed E-state index contributed by atoms with van der Waals surface area (Å²) < 4.78 is 1.57. The highest BCUT2D eigenvalue weighted by Crippen LogP contribution is 2.32. The second-order valence-corrected chi connectivity index (χ2v) is 11.4. The fourth-order valence-electron chi connectivity index (χ4n) is 3.77. The molecule has 186 valence electrons. The Labute approximate surface area is 230 Å². The predicted molar refractivity (Wildman–Crippen MR) is 155 cm³/mol. The number of amides is 1. The third kappa shape index (κ3) is 5.86. The van der Waals surface area contributed by atoms with Crippen LogP contribution in [0.2, 0.25) is 5.02 Å². The molecule has 1 N–H and O–H groups in total. The van der Waals surface area contributed by atoms with Crippen molar-refractivity contribution in [3.8, 4) is 11.1 Å². The number of rotatable bonds is 9. The molecule has 0 saturated carbocycles. The first-order valence-corrected chi connectivity index (χ1v) is 14.4. The van der Waals surface area contributed by atoms with Crippen molar-refractivity contribution in [2.45, 2.75) is 18.1 Å². The summed E-state index contributed by atoms with van der Waals surface area (Å²) >= 11 is 10.0. The first kappa shape index (κ1) is 25.4. The van der Waals surface area contributed by atoms with Crippen LogP contribution in [0.15, 0.2) is 88.8 Å². The highest BCUT2D eigenvalue weighted by atomic mass is 35.5. The number of nitrogens with one attached hydrogen (secondary N) is 1. The van der Waals surface area contributed by atoms with Crippen molar-refractivity contribution in [3.05, 3.63) is 105 Å². The van der Waals surface area contributed by atoms with Crippen LogP contribution in [0, 0.1) is 0 Å². The molecule has 2 aromatic carbocycles. The van der Waals surface area contributed by atoms with Gasteiger partial charge in [0.05, 0.1) is 11.1 Å². The van der Waals surface area contributed by atoms with Crippen molar-refractivity contribution in [3.63, 3.8) is 0 Å². The Bertz CT molecular complexity index is 1630. The molecule has 0 spiro atoms. The van der Waals surface area contributed by atoms with Crippen LogP contribution in [0.1, 0.15) is 10.4 Å². The minimum atomic E-state index is -0.215. The Hall–Kier alpha value is -3.24.